The maximum Gasteiger partial charge on any atom is 0.330 e. The Morgan fingerprint density at radius 2 is 2.50 bits per heavy atom. The van der Waals surface area contributed by atoms with Crippen LogP contribution in [0.3, 0.4) is 0 Å². The van der Waals surface area contributed by atoms with E-state index in [1.807, 2.05) is 6.07 Å². The second kappa shape index (κ2) is 5.68. The molecule has 0 aliphatic carbocycles. The highest BCUT2D eigenvalue weighted by atomic mass is 16.5. The molecule has 0 aromatic carbocycles. The number of hydrogen-bond donors (Lipinski definition) is 2. The number of esters is 1. The van der Waals surface area contributed by atoms with Crippen LogP contribution in [-0.4, -0.2) is 35.8 Å². The van der Waals surface area contributed by atoms with Gasteiger partial charge in [0.15, 0.2) is 0 Å². The van der Waals surface area contributed by atoms with Crippen LogP contribution in [0.25, 0.3) is 0 Å². The summed E-state index contributed by atoms with van der Waals surface area (Å²) in [5.41, 5.74) is 0.421. The minimum atomic E-state index is -0.856. The highest BCUT2D eigenvalue weighted by Crippen LogP contribution is 2.06. The molecule has 0 saturated carbocycles. The molecular weight excluding hydrogens is 210 g/mol. The van der Waals surface area contributed by atoms with Crippen LogP contribution >= 0.6 is 0 Å². The van der Waals surface area contributed by atoms with E-state index in [1.54, 1.807) is 12.1 Å². The third kappa shape index (κ3) is 2.93. The van der Waals surface area contributed by atoms with Gasteiger partial charge in [0.05, 0.1) is 19.3 Å². The van der Waals surface area contributed by atoms with E-state index in [0.717, 1.165) is 0 Å². The molecular formula is C10H11N3O3. The molecule has 1 aromatic heterocycles. The highest BCUT2D eigenvalue weighted by Gasteiger charge is 2.17. The quantitative estimate of drug-likeness (QED) is 0.689. The number of aliphatic hydroxyl groups excluding tert-OH is 1. The van der Waals surface area contributed by atoms with Crippen LogP contribution in [0.15, 0.2) is 18.3 Å². The Hall–Kier alpha value is -2.13. The minimum Gasteiger partial charge on any atom is -0.467 e. The van der Waals surface area contributed by atoms with Gasteiger partial charge in [-0.1, -0.05) is 0 Å². The number of hydrogen-bond acceptors (Lipinski definition) is 6. The Labute approximate surface area is 92.5 Å². The number of carbonyl (C=O) groups excluding carboxylic acids is 1. The van der Waals surface area contributed by atoms with E-state index in [2.05, 4.69) is 15.0 Å². The Balaban J connectivity index is 2.71. The molecule has 6 heteroatoms. The number of pyridine rings is 1. The largest absolute Gasteiger partial charge is 0.467 e. The monoisotopic (exact) mass is 221 g/mol. The Bertz CT molecular complexity index is 397. The summed E-state index contributed by atoms with van der Waals surface area (Å²) in [4.78, 5) is 15.0. The summed E-state index contributed by atoms with van der Waals surface area (Å²) in [5, 5.41) is 20.2. The van der Waals surface area contributed by atoms with Gasteiger partial charge in [-0.2, -0.15) is 5.26 Å². The average Bonchev–Trinajstić information content (AvgIpc) is 2.35. The molecule has 1 heterocycles. The van der Waals surface area contributed by atoms with Gasteiger partial charge in [0.2, 0.25) is 0 Å². The predicted octanol–water partition coefficient (Wildman–Crippen LogP) is -0.101. The van der Waals surface area contributed by atoms with Crippen molar-refractivity contribution in [1.82, 2.24) is 4.98 Å². The fourth-order valence-corrected chi connectivity index (χ4v) is 1.05. The molecule has 0 aliphatic heterocycles. The summed E-state index contributed by atoms with van der Waals surface area (Å²) in [6.45, 7) is -0.394. The first kappa shape index (κ1) is 11.9. The van der Waals surface area contributed by atoms with Crippen LogP contribution in [0.5, 0.6) is 0 Å². The van der Waals surface area contributed by atoms with Crippen molar-refractivity contribution in [3.8, 4) is 6.07 Å². The molecule has 0 radical (unpaired) electrons. The van der Waals surface area contributed by atoms with Crippen LogP contribution in [-0.2, 0) is 9.53 Å². The summed E-state index contributed by atoms with van der Waals surface area (Å²) in [7, 11) is 1.24. The lowest BCUT2D eigenvalue weighted by molar-refractivity contribution is -0.142. The molecule has 0 fully saturated rings. The number of rotatable bonds is 4. The van der Waals surface area contributed by atoms with Crippen molar-refractivity contribution < 1.29 is 14.6 Å². The maximum absolute atomic E-state index is 11.1. The van der Waals surface area contributed by atoms with E-state index >= 15 is 0 Å². The van der Waals surface area contributed by atoms with Gasteiger partial charge in [-0.15, -0.1) is 0 Å². The lowest BCUT2D eigenvalue weighted by atomic mass is 10.3. The number of nitrogens with one attached hydrogen (secondary N) is 1. The molecule has 1 aromatic rings. The fraction of sp³-hybridized carbons (Fsp3) is 0.300. The molecule has 1 unspecified atom stereocenters. The van der Waals surface area contributed by atoms with Crippen molar-refractivity contribution >= 4 is 11.8 Å². The van der Waals surface area contributed by atoms with Gasteiger partial charge in [-0.3, -0.25) is 0 Å². The summed E-state index contributed by atoms with van der Waals surface area (Å²) in [6, 6.07) is 4.17. The fourth-order valence-electron chi connectivity index (χ4n) is 1.05. The first-order valence-electron chi connectivity index (χ1n) is 4.52. The molecule has 2 N–H and O–H groups in total. The molecule has 1 atom stereocenters. The van der Waals surface area contributed by atoms with Gasteiger partial charge in [-0.25, -0.2) is 9.78 Å². The van der Waals surface area contributed by atoms with E-state index in [4.69, 9.17) is 10.4 Å². The van der Waals surface area contributed by atoms with Gasteiger partial charge in [0, 0.05) is 6.20 Å². The van der Waals surface area contributed by atoms with Crippen molar-refractivity contribution in [2.45, 2.75) is 6.04 Å². The van der Waals surface area contributed by atoms with E-state index in [0.29, 0.717) is 11.4 Å². The number of anilines is 1. The molecule has 0 bridgehead atoms. The standard InChI is InChI=1S/C10H11N3O3/c1-16-10(15)8(6-14)13-9-3-2-7(4-11)5-12-9/h2-3,5,8,14H,6H2,1H3,(H,12,13). The van der Waals surface area contributed by atoms with Crippen molar-refractivity contribution in [3.05, 3.63) is 23.9 Å². The molecule has 84 valence electrons. The van der Waals surface area contributed by atoms with Crippen LogP contribution in [0, 0.1) is 11.3 Å². The van der Waals surface area contributed by atoms with Gasteiger partial charge < -0.3 is 15.2 Å². The van der Waals surface area contributed by atoms with Gasteiger partial charge >= 0.3 is 5.97 Å². The Morgan fingerprint density at radius 3 is 2.94 bits per heavy atom. The van der Waals surface area contributed by atoms with Gasteiger partial charge in [0.25, 0.3) is 0 Å². The number of nitriles is 1. The SMILES string of the molecule is COC(=O)C(CO)Nc1ccc(C#N)cn1. The zero-order chi connectivity index (χ0) is 12.0. The smallest absolute Gasteiger partial charge is 0.330 e. The van der Waals surface area contributed by atoms with Gasteiger partial charge in [-0.05, 0) is 12.1 Å². The lowest BCUT2D eigenvalue weighted by Crippen LogP contribution is -2.34. The van der Waals surface area contributed by atoms with E-state index in [1.165, 1.54) is 13.3 Å². The predicted molar refractivity (Wildman–Crippen MR) is 55.5 cm³/mol. The summed E-state index contributed by atoms with van der Waals surface area (Å²) >= 11 is 0. The first-order valence-corrected chi connectivity index (χ1v) is 4.52. The van der Waals surface area contributed by atoms with Crippen LogP contribution in [0.2, 0.25) is 0 Å². The Kier molecular flexibility index (Phi) is 4.24. The number of ether oxygens (including phenoxy) is 1. The van der Waals surface area contributed by atoms with E-state index in [9.17, 15) is 4.79 Å². The van der Waals surface area contributed by atoms with Crippen molar-refractivity contribution in [2.24, 2.45) is 0 Å². The van der Waals surface area contributed by atoms with Crippen molar-refractivity contribution in [2.75, 3.05) is 19.0 Å². The molecule has 16 heavy (non-hydrogen) atoms. The molecule has 6 nitrogen and oxygen atoms in total. The highest BCUT2D eigenvalue weighted by molar-refractivity contribution is 5.78. The molecule has 0 amide bonds. The zero-order valence-corrected chi connectivity index (χ0v) is 8.67. The van der Waals surface area contributed by atoms with Crippen molar-refractivity contribution in [3.63, 3.8) is 0 Å². The number of nitrogens with zero attached hydrogens (tertiary/aromatic N) is 2. The number of methoxy groups -OCH3 is 1. The third-order valence-electron chi connectivity index (χ3n) is 1.88. The summed E-state index contributed by atoms with van der Waals surface area (Å²) in [5.74, 6) is -0.183. The second-order valence-corrected chi connectivity index (χ2v) is 2.95. The second-order valence-electron chi connectivity index (χ2n) is 2.95. The van der Waals surface area contributed by atoms with Crippen LogP contribution < -0.4 is 5.32 Å². The van der Waals surface area contributed by atoms with Crippen LogP contribution in [0.1, 0.15) is 5.56 Å². The third-order valence-corrected chi connectivity index (χ3v) is 1.88. The van der Waals surface area contributed by atoms with E-state index < -0.39 is 18.6 Å². The minimum absolute atomic E-state index is 0.392. The average molecular weight is 221 g/mol. The zero-order valence-electron chi connectivity index (χ0n) is 8.67. The lowest BCUT2D eigenvalue weighted by Gasteiger charge is -2.13. The Morgan fingerprint density at radius 1 is 1.75 bits per heavy atom. The number of carbonyl (C=O) groups is 1. The molecule has 0 spiro atoms. The normalized spacial score (nSPS) is 11.3. The summed E-state index contributed by atoms with van der Waals surface area (Å²) < 4.78 is 4.48. The van der Waals surface area contributed by atoms with Crippen molar-refractivity contribution in [1.29, 1.82) is 5.26 Å². The van der Waals surface area contributed by atoms with Gasteiger partial charge in [0.1, 0.15) is 17.9 Å². The topological polar surface area (TPSA) is 95.2 Å². The molecule has 0 saturated heterocycles. The maximum atomic E-state index is 11.1. The van der Waals surface area contributed by atoms with Crippen LogP contribution in [0.4, 0.5) is 5.82 Å². The molecule has 0 aliphatic rings. The van der Waals surface area contributed by atoms with E-state index in [-0.39, 0.29) is 0 Å². The number of aliphatic hydroxyl groups is 1. The molecule has 1 rings (SSSR count). The first-order chi connectivity index (χ1) is 7.71. The summed E-state index contributed by atoms with van der Waals surface area (Å²) in [6.07, 6.45) is 1.37. The number of aromatic nitrogens is 1.